The number of fused-ring (bicyclic) bond motifs is 2. The van der Waals surface area contributed by atoms with Crippen LogP contribution in [0.5, 0.6) is 11.5 Å². The Hall–Kier alpha value is -3.53. The number of benzene rings is 2. The third-order valence-corrected chi connectivity index (χ3v) is 10.0. The van der Waals surface area contributed by atoms with Gasteiger partial charge < -0.3 is 20.7 Å². The number of nitrogens with one attached hydrogen (secondary N) is 1. The highest BCUT2D eigenvalue weighted by molar-refractivity contribution is 5.98. The number of rotatable bonds is 6. The van der Waals surface area contributed by atoms with Gasteiger partial charge in [-0.2, -0.15) is 5.10 Å². The molecule has 0 spiro atoms. The second-order valence-corrected chi connectivity index (χ2v) is 12.4. The lowest BCUT2D eigenvalue weighted by Gasteiger charge is -2.38. The number of likely N-dealkylation sites (tertiary alicyclic amines) is 2. The van der Waals surface area contributed by atoms with Crippen LogP contribution in [0.2, 0.25) is 0 Å². The quantitative estimate of drug-likeness (QED) is 0.369. The second kappa shape index (κ2) is 10.4. The van der Waals surface area contributed by atoms with E-state index < -0.39 is 0 Å². The summed E-state index contributed by atoms with van der Waals surface area (Å²) in [6, 6.07) is 19.7. The highest BCUT2D eigenvalue weighted by atomic mass is 16.5. The smallest absolute Gasteiger partial charge is 0.164 e. The Morgan fingerprint density at radius 3 is 2.17 bits per heavy atom. The Morgan fingerprint density at radius 1 is 0.780 bits per heavy atom. The number of ether oxygens (including phenoxy) is 1. The van der Waals surface area contributed by atoms with E-state index in [1.54, 1.807) is 6.33 Å². The van der Waals surface area contributed by atoms with E-state index >= 15 is 0 Å². The Morgan fingerprint density at radius 2 is 1.49 bits per heavy atom. The van der Waals surface area contributed by atoms with Gasteiger partial charge in [-0.05, 0) is 73.9 Å². The number of aromatic nitrogens is 4. The summed E-state index contributed by atoms with van der Waals surface area (Å²) >= 11 is 0. The molecular weight excluding hydrogens is 512 g/mol. The van der Waals surface area contributed by atoms with Gasteiger partial charge in [-0.15, -0.1) is 0 Å². The molecule has 2 aromatic carbocycles. The van der Waals surface area contributed by atoms with E-state index in [9.17, 15) is 0 Å². The van der Waals surface area contributed by atoms with E-state index in [0.29, 0.717) is 11.9 Å². The molecule has 2 unspecified atom stereocenters. The zero-order valence-electron chi connectivity index (χ0n) is 23.4. The maximum absolute atomic E-state index is 6.42. The Labute approximate surface area is 240 Å². The van der Waals surface area contributed by atoms with Crippen molar-refractivity contribution in [2.24, 2.45) is 11.8 Å². The van der Waals surface area contributed by atoms with Crippen LogP contribution in [-0.2, 0) is 0 Å². The van der Waals surface area contributed by atoms with Crippen LogP contribution in [0, 0.1) is 11.8 Å². The molecule has 9 heteroatoms. The van der Waals surface area contributed by atoms with Gasteiger partial charge in [0.1, 0.15) is 29.3 Å². The fourth-order valence-electron chi connectivity index (χ4n) is 7.69. The highest BCUT2D eigenvalue weighted by Crippen LogP contribution is 2.43. The van der Waals surface area contributed by atoms with Crippen molar-refractivity contribution in [1.82, 2.24) is 34.9 Å². The van der Waals surface area contributed by atoms with Crippen LogP contribution in [0.4, 0.5) is 5.82 Å². The van der Waals surface area contributed by atoms with Gasteiger partial charge in [0.05, 0.1) is 11.4 Å². The summed E-state index contributed by atoms with van der Waals surface area (Å²) in [6.07, 6.45) is 6.46. The maximum atomic E-state index is 6.42. The number of piperidine rings is 1. The van der Waals surface area contributed by atoms with Crippen LogP contribution in [0.3, 0.4) is 0 Å². The topological polar surface area (TPSA) is 97.4 Å². The average Bonchev–Trinajstić information content (AvgIpc) is 3.66. The lowest BCUT2D eigenvalue weighted by atomic mass is 10.0. The van der Waals surface area contributed by atoms with Crippen molar-refractivity contribution >= 4 is 16.9 Å². The molecule has 1 aliphatic carbocycles. The van der Waals surface area contributed by atoms with E-state index in [0.717, 1.165) is 83.6 Å². The summed E-state index contributed by atoms with van der Waals surface area (Å²) in [7, 11) is 0. The van der Waals surface area contributed by atoms with Crippen LogP contribution >= 0.6 is 0 Å². The Bertz CT molecular complexity index is 1500. The number of hydrogen-bond acceptors (Lipinski definition) is 8. The molecule has 4 aliphatic rings. The van der Waals surface area contributed by atoms with Gasteiger partial charge in [-0.3, -0.25) is 4.90 Å². The first-order chi connectivity index (χ1) is 20.2. The molecule has 212 valence electrons. The van der Waals surface area contributed by atoms with Gasteiger partial charge in [-0.1, -0.05) is 18.2 Å². The van der Waals surface area contributed by atoms with Gasteiger partial charge in [0.25, 0.3) is 0 Å². The first-order valence-corrected chi connectivity index (χ1v) is 15.2. The number of para-hydroxylation sites is 1. The molecule has 9 nitrogen and oxygen atoms in total. The van der Waals surface area contributed by atoms with Crippen molar-refractivity contribution in [3.63, 3.8) is 0 Å². The molecule has 0 bridgehead atoms. The van der Waals surface area contributed by atoms with Crippen molar-refractivity contribution in [3.8, 4) is 22.8 Å². The van der Waals surface area contributed by atoms with Gasteiger partial charge in [0.15, 0.2) is 5.65 Å². The summed E-state index contributed by atoms with van der Waals surface area (Å²) in [4.78, 5) is 14.5. The molecule has 8 rings (SSSR count). The fraction of sp³-hybridized carbons (Fsp3) is 0.469. The lowest BCUT2D eigenvalue weighted by molar-refractivity contribution is 0.116. The van der Waals surface area contributed by atoms with Gasteiger partial charge in [0.2, 0.25) is 0 Å². The van der Waals surface area contributed by atoms with Crippen LogP contribution in [0.25, 0.3) is 22.3 Å². The minimum atomic E-state index is 0.306. The summed E-state index contributed by atoms with van der Waals surface area (Å²) < 4.78 is 8.12. The van der Waals surface area contributed by atoms with Crippen molar-refractivity contribution in [3.05, 3.63) is 60.9 Å². The molecule has 3 N–H and O–H groups in total. The van der Waals surface area contributed by atoms with Gasteiger partial charge >= 0.3 is 0 Å². The highest BCUT2D eigenvalue weighted by Gasteiger charge is 2.45. The number of nitrogen functional groups attached to an aromatic ring is 1. The SMILES string of the molecule is Nc1ncnc2c1c(-c1ccc(Oc3ccccc3)cc1)nn2C1CCN(C2CC3CN(C4CNC4)CC3C2)CC1. The van der Waals surface area contributed by atoms with Crippen LogP contribution in [0.15, 0.2) is 60.9 Å². The summed E-state index contributed by atoms with van der Waals surface area (Å²) in [5, 5.41) is 9.40. The van der Waals surface area contributed by atoms with Crippen LogP contribution < -0.4 is 15.8 Å². The fourth-order valence-corrected chi connectivity index (χ4v) is 7.69. The first kappa shape index (κ1) is 25.2. The number of anilines is 1. The van der Waals surface area contributed by atoms with E-state index in [1.165, 1.54) is 39.0 Å². The summed E-state index contributed by atoms with van der Waals surface area (Å²) in [5.41, 5.74) is 9.06. The first-order valence-electron chi connectivity index (χ1n) is 15.2. The van der Waals surface area contributed by atoms with E-state index in [4.69, 9.17) is 15.6 Å². The standard InChI is InChI=1S/C32H38N8O/c33-31-29-30(21-6-8-28(9-7-21)41-27-4-2-1-3-5-27)37-40(32(29)36-20-35-31)24-10-12-38(13-11-24)25-14-22-18-39(19-23(22)15-25)26-16-34-17-26/h1-9,20,22-26,34H,10-19H2,(H2,33,35,36). The van der Waals surface area contributed by atoms with E-state index in [-0.39, 0.29) is 0 Å². The number of nitrogens with two attached hydrogens (primary N) is 1. The molecule has 0 amide bonds. The van der Waals surface area contributed by atoms with E-state index in [2.05, 4.69) is 29.8 Å². The predicted molar refractivity (Wildman–Crippen MR) is 160 cm³/mol. The van der Waals surface area contributed by atoms with E-state index in [1.807, 2.05) is 54.6 Å². The number of nitrogens with zero attached hydrogens (tertiary/aromatic N) is 6. The van der Waals surface area contributed by atoms with Crippen molar-refractivity contribution in [2.45, 2.75) is 43.8 Å². The molecule has 3 saturated heterocycles. The monoisotopic (exact) mass is 550 g/mol. The lowest BCUT2D eigenvalue weighted by Crippen LogP contribution is -2.56. The third-order valence-electron chi connectivity index (χ3n) is 10.0. The third kappa shape index (κ3) is 4.66. The van der Waals surface area contributed by atoms with Crippen molar-refractivity contribution in [2.75, 3.05) is 45.0 Å². The largest absolute Gasteiger partial charge is 0.457 e. The predicted octanol–water partition coefficient (Wildman–Crippen LogP) is 4.19. The zero-order valence-corrected chi connectivity index (χ0v) is 23.4. The molecule has 3 aliphatic heterocycles. The molecule has 1 saturated carbocycles. The van der Waals surface area contributed by atoms with Crippen molar-refractivity contribution in [1.29, 1.82) is 0 Å². The minimum absolute atomic E-state index is 0.306. The zero-order chi connectivity index (χ0) is 27.3. The average molecular weight is 551 g/mol. The number of hydrogen-bond donors (Lipinski definition) is 2. The summed E-state index contributed by atoms with van der Waals surface area (Å²) in [5.74, 6) is 3.85. The maximum Gasteiger partial charge on any atom is 0.164 e. The van der Waals surface area contributed by atoms with Crippen molar-refractivity contribution < 1.29 is 4.74 Å². The van der Waals surface area contributed by atoms with Crippen LogP contribution in [-0.4, -0.2) is 80.9 Å². The molecule has 2 aromatic heterocycles. The molecule has 2 atom stereocenters. The normalized spacial score (nSPS) is 25.9. The molecule has 41 heavy (non-hydrogen) atoms. The second-order valence-electron chi connectivity index (χ2n) is 12.4. The molecular formula is C32H38N8O. The molecule has 4 fully saturated rings. The Balaban J connectivity index is 0.969. The van der Waals surface area contributed by atoms with Gasteiger partial charge in [0, 0.05) is 56.9 Å². The Kier molecular flexibility index (Phi) is 6.38. The molecule has 5 heterocycles. The molecule has 0 radical (unpaired) electrons. The minimum Gasteiger partial charge on any atom is -0.457 e. The summed E-state index contributed by atoms with van der Waals surface area (Å²) in [6.45, 7) is 7.23. The van der Waals surface area contributed by atoms with Gasteiger partial charge in [-0.25, -0.2) is 14.6 Å². The molecule has 4 aromatic rings. The van der Waals surface area contributed by atoms with Crippen LogP contribution in [0.1, 0.15) is 31.7 Å².